The number of halogens is 2. The second-order valence-corrected chi connectivity index (χ2v) is 5.26. The summed E-state index contributed by atoms with van der Waals surface area (Å²) in [7, 11) is 0. The van der Waals surface area contributed by atoms with E-state index < -0.39 is 11.6 Å². The first kappa shape index (κ1) is 11.9. The summed E-state index contributed by atoms with van der Waals surface area (Å²) in [5.41, 5.74) is 0.796. The van der Waals surface area contributed by atoms with Crippen molar-refractivity contribution in [2.75, 3.05) is 18.1 Å². The first-order chi connectivity index (χ1) is 7.75. The van der Waals surface area contributed by atoms with Crippen LogP contribution in [0.25, 0.3) is 0 Å². The third kappa shape index (κ3) is 3.19. The lowest BCUT2D eigenvalue weighted by atomic mass is 10.1. The van der Waals surface area contributed by atoms with E-state index in [1.807, 2.05) is 11.8 Å². The van der Waals surface area contributed by atoms with Crippen molar-refractivity contribution in [2.24, 2.45) is 5.92 Å². The number of hydrogen-bond donors (Lipinski definition) is 1. The van der Waals surface area contributed by atoms with E-state index in [4.69, 9.17) is 0 Å². The summed E-state index contributed by atoms with van der Waals surface area (Å²) in [5.74, 6) is 1.64. The van der Waals surface area contributed by atoms with E-state index in [1.54, 1.807) is 6.07 Å². The summed E-state index contributed by atoms with van der Waals surface area (Å²) in [6, 6.07) is 4.05. The smallest absolute Gasteiger partial charge is 0.159 e. The Morgan fingerprint density at radius 3 is 2.88 bits per heavy atom. The summed E-state index contributed by atoms with van der Waals surface area (Å²) in [6.45, 7) is 1.57. The Kier molecular flexibility index (Phi) is 4.18. The van der Waals surface area contributed by atoms with E-state index in [0.29, 0.717) is 6.54 Å². The van der Waals surface area contributed by atoms with Gasteiger partial charge in [0.2, 0.25) is 0 Å². The van der Waals surface area contributed by atoms with Gasteiger partial charge >= 0.3 is 0 Å². The monoisotopic (exact) mass is 243 g/mol. The molecule has 1 nitrogen and oxygen atoms in total. The maximum absolute atomic E-state index is 12.9. The molecule has 0 bridgehead atoms. The Bertz CT molecular complexity index is 351. The predicted octanol–water partition coefficient (Wildman–Crippen LogP) is 2.81. The van der Waals surface area contributed by atoms with Gasteiger partial charge in [-0.2, -0.15) is 11.8 Å². The van der Waals surface area contributed by atoms with Crippen LogP contribution in [0.5, 0.6) is 0 Å². The molecular weight excluding hydrogens is 228 g/mol. The molecule has 1 atom stereocenters. The van der Waals surface area contributed by atoms with Gasteiger partial charge in [-0.25, -0.2) is 8.78 Å². The topological polar surface area (TPSA) is 12.0 Å². The zero-order valence-electron chi connectivity index (χ0n) is 9.01. The van der Waals surface area contributed by atoms with Crippen molar-refractivity contribution >= 4 is 11.8 Å². The van der Waals surface area contributed by atoms with Crippen molar-refractivity contribution < 1.29 is 8.78 Å². The highest BCUT2D eigenvalue weighted by Gasteiger charge is 2.14. The molecule has 1 aromatic carbocycles. The van der Waals surface area contributed by atoms with E-state index in [9.17, 15) is 8.78 Å². The van der Waals surface area contributed by atoms with Crippen LogP contribution in [-0.2, 0) is 6.54 Å². The molecule has 1 fully saturated rings. The zero-order chi connectivity index (χ0) is 11.4. The first-order valence-electron chi connectivity index (χ1n) is 5.48. The lowest BCUT2D eigenvalue weighted by molar-refractivity contribution is 0.501. The van der Waals surface area contributed by atoms with Gasteiger partial charge in [-0.15, -0.1) is 0 Å². The lowest BCUT2D eigenvalue weighted by Crippen LogP contribution is -2.22. The number of nitrogens with one attached hydrogen (secondary N) is 1. The number of hydrogen-bond acceptors (Lipinski definition) is 2. The van der Waals surface area contributed by atoms with E-state index >= 15 is 0 Å². The van der Waals surface area contributed by atoms with Crippen LogP contribution in [0.15, 0.2) is 18.2 Å². The van der Waals surface area contributed by atoms with Crippen molar-refractivity contribution in [3.63, 3.8) is 0 Å². The molecule has 16 heavy (non-hydrogen) atoms. The van der Waals surface area contributed by atoms with Gasteiger partial charge in [-0.1, -0.05) is 6.07 Å². The Balaban J connectivity index is 1.78. The van der Waals surface area contributed by atoms with Crippen molar-refractivity contribution in [1.29, 1.82) is 0 Å². The SMILES string of the molecule is Fc1ccc(CNCC2CCSC2)cc1F. The Morgan fingerprint density at radius 2 is 2.19 bits per heavy atom. The van der Waals surface area contributed by atoms with Gasteiger partial charge in [0, 0.05) is 6.54 Å². The van der Waals surface area contributed by atoms with E-state index in [0.717, 1.165) is 18.0 Å². The molecule has 88 valence electrons. The average molecular weight is 243 g/mol. The third-order valence-corrected chi connectivity index (χ3v) is 4.00. The maximum atomic E-state index is 12.9. The van der Waals surface area contributed by atoms with Crippen molar-refractivity contribution in [3.05, 3.63) is 35.4 Å². The van der Waals surface area contributed by atoms with Crippen LogP contribution in [-0.4, -0.2) is 18.1 Å². The highest BCUT2D eigenvalue weighted by Crippen LogP contribution is 2.22. The summed E-state index contributed by atoms with van der Waals surface area (Å²) in [6.07, 6.45) is 1.26. The van der Waals surface area contributed by atoms with Gasteiger partial charge in [-0.3, -0.25) is 0 Å². The van der Waals surface area contributed by atoms with Crippen LogP contribution < -0.4 is 5.32 Å². The molecule has 1 aliphatic heterocycles. The van der Waals surface area contributed by atoms with Gasteiger partial charge in [0.25, 0.3) is 0 Å². The third-order valence-electron chi connectivity index (χ3n) is 2.77. The summed E-state index contributed by atoms with van der Waals surface area (Å²) >= 11 is 1.98. The molecule has 0 saturated carbocycles. The van der Waals surface area contributed by atoms with E-state index in [-0.39, 0.29) is 0 Å². The quantitative estimate of drug-likeness (QED) is 0.872. The minimum Gasteiger partial charge on any atom is -0.312 e. The second kappa shape index (κ2) is 5.64. The largest absolute Gasteiger partial charge is 0.312 e. The molecule has 0 amide bonds. The van der Waals surface area contributed by atoms with Gasteiger partial charge < -0.3 is 5.32 Å². The van der Waals surface area contributed by atoms with Crippen LogP contribution in [0, 0.1) is 17.6 Å². The van der Waals surface area contributed by atoms with Crippen LogP contribution in [0.1, 0.15) is 12.0 Å². The predicted molar refractivity (Wildman–Crippen MR) is 63.5 cm³/mol. The molecule has 2 rings (SSSR count). The van der Waals surface area contributed by atoms with Crippen LogP contribution in [0.3, 0.4) is 0 Å². The number of thioether (sulfide) groups is 1. The maximum Gasteiger partial charge on any atom is 0.159 e. The molecule has 1 heterocycles. The molecule has 0 spiro atoms. The molecule has 1 saturated heterocycles. The molecule has 1 N–H and O–H groups in total. The fourth-order valence-electron chi connectivity index (χ4n) is 1.81. The number of benzene rings is 1. The Labute approximate surface area is 98.6 Å². The zero-order valence-corrected chi connectivity index (χ0v) is 9.83. The van der Waals surface area contributed by atoms with E-state index in [1.165, 1.54) is 30.1 Å². The molecule has 4 heteroatoms. The lowest BCUT2D eigenvalue weighted by Gasteiger charge is -2.09. The van der Waals surface area contributed by atoms with Crippen molar-refractivity contribution in [1.82, 2.24) is 5.32 Å². The van der Waals surface area contributed by atoms with Gasteiger partial charge in [0.15, 0.2) is 11.6 Å². The average Bonchev–Trinajstić information content (AvgIpc) is 2.76. The molecule has 0 aromatic heterocycles. The van der Waals surface area contributed by atoms with Gasteiger partial charge in [-0.05, 0) is 48.1 Å². The fourth-order valence-corrected chi connectivity index (χ4v) is 3.10. The van der Waals surface area contributed by atoms with Gasteiger partial charge in [0.05, 0.1) is 0 Å². The van der Waals surface area contributed by atoms with Crippen molar-refractivity contribution in [2.45, 2.75) is 13.0 Å². The molecule has 0 radical (unpaired) electrons. The minimum absolute atomic E-state index is 0.609. The Hall–Kier alpha value is -0.610. The highest BCUT2D eigenvalue weighted by molar-refractivity contribution is 7.99. The normalized spacial score (nSPS) is 20.2. The Morgan fingerprint density at radius 1 is 1.31 bits per heavy atom. The van der Waals surface area contributed by atoms with Crippen molar-refractivity contribution in [3.8, 4) is 0 Å². The molecular formula is C12H15F2NS. The molecule has 1 aromatic rings. The summed E-state index contributed by atoms with van der Waals surface area (Å²) in [4.78, 5) is 0. The summed E-state index contributed by atoms with van der Waals surface area (Å²) < 4.78 is 25.6. The molecule has 0 aliphatic carbocycles. The van der Waals surface area contributed by atoms with Gasteiger partial charge in [0.1, 0.15) is 0 Å². The van der Waals surface area contributed by atoms with Crippen LogP contribution >= 0.6 is 11.8 Å². The van der Waals surface area contributed by atoms with E-state index in [2.05, 4.69) is 5.32 Å². The molecule has 1 unspecified atom stereocenters. The van der Waals surface area contributed by atoms with Crippen LogP contribution in [0.2, 0.25) is 0 Å². The summed E-state index contributed by atoms with van der Waals surface area (Å²) in [5, 5.41) is 3.29. The number of rotatable bonds is 4. The second-order valence-electron chi connectivity index (χ2n) is 4.11. The first-order valence-corrected chi connectivity index (χ1v) is 6.63. The standard InChI is InChI=1S/C12H15F2NS/c13-11-2-1-9(5-12(11)14)6-15-7-10-3-4-16-8-10/h1-2,5,10,15H,3-4,6-8H2. The fraction of sp³-hybridized carbons (Fsp3) is 0.500. The van der Waals surface area contributed by atoms with Crippen LogP contribution in [0.4, 0.5) is 8.78 Å². The molecule has 1 aliphatic rings. The highest BCUT2D eigenvalue weighted by atomic mass is 32.2. The minimum atomic E-state index is -0.782.